The Balaban J connectivity index is 1.24. The highest BCUT2D eigenvalue weighted by atomic mass is 19.4. The summed E-state index contributed by atoms with van der Waals surface area (Å²) in [4.78, 5) is 29.4. The van der Waals surface area contributed by atoms with Gasteiger partial charge in [-0.05, 0) is 47.5 Å². The van der Waals surface area contributed by atoms with Gasteiger partial charge in [0.05, 0.1) is 0 Å². The van der Waals surface area contributed by atoms with Gasteiger partial charge in [0, 0.05) is 55.9 Å². The summed E-state index contributed by atoms with van der Waals surface area (Å²) < 4.78 is 49.0. The Kier molecular flexibility index (Phi) is 6.89. The van der Waals surface area contributed by atoms with Crippen LogP contribution in [-0.4, -0.2) is 82.8 Å². The summed E-state index contributed by atoms with van der Waals surface area (Å²) in [5.74, 6) is 0.653. The summed E-state index contributed by atoms with van der Waals surface area (Å²) in [6.07, 6.45) is -4.56. The lowest BCUT2D eigenvalue weighted by molar-refractivity contribution is -0.154. The topological polar surface area (TPSA) is 105 Å². The van der Waals surface area contributed by atoms with Gasteiger partial charge in [-0.15, -0.1) is 0 Å². The number of anilines is 3. The van der Waals surface area contributed by atoms with Crippen molar-refractivity contribution in [1.82, 2.24) is 24.8 Å². The maximum atomic E-state index is 13.0. The maximum Gasteiger partial charge on any atom is 0.422 e. The van der Waals surface area contributed by atoms with E-state index in [1.807, 2.05) is 29.2 Å². The van der Waals surface area contributed by atoms with Crippen molar-refractivity contribution in [2.45, 2.75) is 12.7 Å². The SMILES string of the molecule is C=C1COc2ccc(cc2)CNc2nc(nc(OCC(F)(F)F)n2)Nc2ccc(cc2)C(=O)N2CC3(CN(C1)C3)C2. The van der Waals surface area contributed by atoms with Crippen molar-refractivity contribution in [2.75, 3.05) is 56.6 Å². The van der Waals surface area contributed by atoms with Crippen LogP contribution in [0.5, 0.6) is 11.8 Å². The van der Waals surface area contributed by atoms with Gasteiger partial charge in [-0.3, -0.25) is 9.69 Å². The number of carbonyl (C=O) groups is 1. The van der Waals surface area contributed by atoms with E-state index in [1.54, 1.807) is 24.3 Å². The molecule has 9 heterocycles. The van der Waals surface area contributed by atoms with Crippen molar-refractivity contribution in [2.24, 2.45) is 5.41 Å². The van der Waals surface area contributed by atoms with Gasteiger partial charge in [0.2, 0.25) is 11.9 Å². The van der Waals surface area contributed by atoms with Crippen LogP contribution < -0.4 is 20.1 Å². The largest absolute Gasteiger partial charge is 0.489 e. The number of hydrogen-bond donors (Lipinski definition) is 2. The molecule has 1 amide bonds. The first kappa shape index (κ1) is 26.8. The molecule has 11 rings (SSSR count). The van der Waals surface area contributed by atoms with Crippen molar-refractivity contribution in [3.63, 3.8) is 0 Å². The number of nitrogens with one attached hydrogen (secondary N) is 2. The minimum absolute atomic E-state index is 0.0172. The van der Waals surface area contributed by atoms with Crippen molar-refractivity contribution in [1.29, 1.82) is 0 Å². The van der Waals surface area contributed by atoms with E-state index in [0.717, 1.165) is 30.8 Å². The molecule has 13 heteroatoms. The van der Waals surface area contributed by atoms with E-state index < -0.39 is 18.8 Å². The molecule has 1 spiro atoms. The van der Waals surface area contributed by atoms with Crippen LogP contribution in [-0.2, 0) is 6.54 Å². The molecule has 2 saturated heterocycles. The van der Waals surface area contributed by atoms with Gasteiger partial charge >= 0.3 is 12.2 Å². The molecule has 2 N–H and O–H groups in total. The fourth-order valence-electron chi connectivity index (χ4n) is 5.26. The van der Waals surface area contributed by atoms with Crippen molar-refractivity contribution in [3.05, 3.63) is 71.8 Å². The molecule has 0 unspecified atom stereocenters. The van der Waals surface area contributed by atoms with Gasteiger partial charge in [-0.25, -0.2) is 0 Å². The highest BCUT2D eigenvalue weighted by Gasteiger charge is 2.52. The Labute approximate surface area is 234 Å². The summed E-state index contributed by atoms with van der Waals surface area (Å²) in [6.45, 7) is 7.29. The van der Waals surface area contributed by atoms with Crippen molar-refractivity contribution < 1.29 is 27.4 Å². The lowest BCUT2D eigenvalue weighted by atomic mass is 9.72. The molecular formula is C28H28F3N7O3. The predicted octanol–water partition coefficient (Wildman–Crippen LogP) is 3.87. The third-order valence-electron chi connectivity index (χ3n) is 7.09. The quantitative estimate of drug-likeness (QED) is 0.447. The average Bonchev–Trinajstić information content (AvgIpc) is 2.90. The summed E-state index contributed by atoms with van der Waals surface area (Å²) >= 11 is 0. The molecule has 3 aromatic rings. The van der Waals surface area contributed by atoms with E-state index in [4.69, 9.17) is 9.47 Å². The number of amides is 1. The Hall–Kier alpha value is -4.39. The molecule has 41 heavy (non-hydrogen) atoms. The monoisotopic (exact) mass is 567 g/mol. The maximum absolute atomic E-state index is 13.0. The molecule has 8 aliphatic heterocycles. The smallest absolute Gasteiger partial charge is 0.422 e. The summed E-state index contributed by atoms with van der Waals surface area (Å²) in [7, 11) is 0. The van der Waals surface area contributed by atoms with E-state index in [2.05, 4.69) is 37.1 Å². The first-order valence-electron chi connectivity index (χ1n) is 13.1. The second kappa shape index (κ2) is 10.5. The van der Waals surface area contributed by atoms with Crippen molar-refractivity contribution in [3.8, 4) is 11.8 Å². The summed E-state index contributed by atoms with van der Waals surface area (Å²) in [5.41, 5.74) is 3.06. The normalized spacial score (nSPS) is 22.4. The zero-order valence-electron chi connectivity index (χ0n) is 22.1. The van der Waals surface area contributed by atoms with Crippen LogP contribution in [0.25, 0.3) is 0 Å². The van der Waals surface area contributed by atoms with E-state index in [-0.39, 0.29) is 23.2 Å². The number of hydrogen-bond acceptors (Lipinski definition) is 9. The Bertz CT molecular complexity index is 1430. The zero-order valence-corrected chi connectivity index (χ0v) is 22.1. The zero-order chi connectivity index (χ0) is 28.6. The third-order valence-corrected chi connectivity index (χ3v) is 7.09. The van der Waals surface area contributed by atoms with Crippen LogP contribution in [0.15, 0.2) is 60.7 Å². The third kappa shape index (κ3) is 6.35. The fourth-order valence-corrected chi connectivity index (χ4v) is 5.26. The van der Waals surface area contributed by atoms with Gasteiger partial charge in [0.15, 0.2) is 6.61 Å². The number of rotatable bonds is 2. The van der Waals surface area contributed by atoms with Crippen molar-refractivity contribution >= 4 is 23.5 Å². The molecule has 0 atom stereocenters. The van der Waals surface area contributed by atoms with E-state index in [0.29, 0.717) is 43.2 Å². The molecule has 0 saturated carbocycles. The van der Waals surface area contributed by atoms with Crippen LogP contribution in [0.4, 0.5) is 30.8 Å². The molecule has 2 aromatic carbocycles. The van der Waals surface area contributed by atoms with Gasteiger partial charge < -0.3 is 25.0 Å². The second-order valence-electron chi connectivity index (χ2n) is 10.7. The number of benzene rings is 2. The molecule has 9 bridgehead atoms. The molecule has 0 radical (unpaired) electrons. The van der Waals surface area contributed by atoms with Crippen LogP contribution in [0.3, 0.4) is 0 Å². The number of halogens is 3. The minimum Gasteiger partial charge on any atom is -0.489 e. The average molecular weight is 568 g/mol. The molecule has 1 aromatic heterocycles. The number of ether oxygens (including phenoxy) is 2. The van der Waals surface area contributed by atoms with Gasteiger partial charge in [0.1, 0.15) is 12.4 Å². The first-order valence-corrected chi connectivity index (χ1v) is 13.1. The number of nitrogens with zero attached hydrogens (tertiary/aromatic N) is 5. The molecule has 2 fully saturated rings. The summed E-state index contributed by atoms with van der Waals surface area (Å²) in [5, 5.41) is 5.95. The van der Waals surface area contributed by atoms with Crippen LogP contribution >= 0.6 is 0 Å². The Morgan fingerprint density at radius 3 is 2.39 bits per heavy atom. The van der Waals surface area contributed by atoms with Crippen LogP contribution in [0.1, 0.15) is 15.9 Å². The highest BCUT2D eigenvalue weighted by Crippen LogP contribution is 2.40. The molecule has 0 aliphatic carbocycles. The standard InChI is InChI=1S/C28H28F3N7O3/c1-18-11-37-13-27(14-37)15-38(16-27)23(39)20-4-6-21(7-5-20)33-25-34-24(35-26(36-25)41-17-28(29,30)31)32-10-19-2-8-22(9-3-19)40-12-18/h2-9H,1,10-17H2,(H2,32,33,34,35,36). The second-order valence-corrected chi connectivity index (χ2v) is 10.7. The predicted molar refractivity (Wildman–Crippen MR) is 144 cm³/mol. The number of alkyl halides is 3. The van der Waals surface area contributed by atoms with E-state index in [9.17, 15) is 18.0 Å². The number of carbonyl (C=O) groups excluding carboxylic acids is 1. The van der Waals surface area contributed by atoms with Gasteiger partial charge in [-0.1, -0.05) is 18.7 Å². The molecule has 10 nitrogen and oxygen atoms in total. The Morgan fingerprint density at radius 2 is 1.68 bits per heavy atom. The first-order chi connectivity index (χ1) is 19.6. The number of aromatic nitrogens is 3. The van der Waals surface area contributed by atoms with E-state index in [1.165, 1.54) is 0 Å². The molecular weight excluding hydrogens is 539 g/mol. The molecule has 214 valence electrons. The van der Waals surface area contributed by atoms with Gasteiger partial charge in [-0.2, -0.15) is 28.1 Å². The fraction of sp³-hybridized carbons (Fsp3) is 0.357. The van der Waals surface area contributed by atoms with Gasteiger partial charge in [0.25, 0.3) is 5.91 Å². The van der Waals surface area contributed by atoms with E-state index >= 15 is 0 Å². The van der Waals surface area contributed by atoms with Crippen LogP contribution in [0, 0.1) is 5.41 Å². The highest BCUT2D eigenvalue weighted by molar-refractivity contribution is 5.95. The Morgan fingerprint density at radius 1 is 0.976 bits per heavy atom. The molecule has 8 aliphatic rings. The lowest BCUT2D eigenvalue weighted by Crippen LogP contribution is -2.72. The van der Waals surface area contributed by atoms with Crippen LogP contribution in [0.2, 0.25) is 0 Å². The summed E-state index contributed by atoms with van der Waals surface area (Å²) in [6, 6.07) is 13.7. The lowest BCUT2D eigenvalue weighted by Gasteiger charge is -2.60. The minimum atomic E-state index is -4.56.